The van der Waals surface area contributed by atoms with E-state index >= 15 is 0 Å². The second-order valence-corrected chi connectivity index (χ2v) is 7.95. The number of aromatic amines is 1. The number of carbonyl (C=O) groups excluding carboxylic acids is 1. The molecule has 2 unspecified atom stereocenters. The van der Waals surface area contributed by atoms with Crippen LogP contribution in [-0.4, -0.2) is 10.9 Å². The molecule has 0 spiro atoms. The van der Waals surface area contributed by atoms with Crippen molar-refractivity contribution in [3.63, 3.8) is 0 Å². The minimum absolute atomic E-state index is 0.0465. The number of hydrogen-bond donors (Lipinski definition) is 2. The van der Waals surface area contributed by atoms with E-state index in [4.69, 9.17) is 0 Å². The van der Waals surface area contributed by atoms with Gasteiger partial charge in [0.05, 0.1) is 5.41 Å². The monoisotopic (exact) mass is 272 g/mol. The van der Waals surface area contributed by atoms with Crippen molar-refractivity contribution in [2.24, 2.45) is 22.7 Å². The van der Waals surface area contributed by atoms with Crippen LogP contribution < -0.4 is 5.32 Å². The number of carbonyl (C=O) groups is 1. The Morgan fingerprint density at radius 2 is 2.10 bits per heavy atom. The Labute approximate surface area is 120 Å². The average molecular weight is 272 g/mol. The molecule has 4 aliphatic rings. The lowest BCUT2D eigenvalue weighted by molar-refractivity contribution is -0.155. The van der Waals surface area contributed by atoms with E-state index in [2.05, 4.69) is 17.2 Å². The summed E-state index contributed by atoms with van der Waals surface area (Å²) in [5, 5.41) is 3.20. The fourth-order valence-corrected chi connectivity index (χ4v) is 5.82. The summed E-state index contributed by atoms with van der Waals surface area (Å²) in [6.45, 7) is 3.08. The van der Waals surface area contributed by atoms with Crippen molar-refractivity contribution in [1.82, 2.24) is 10.3 Å². The van der Waals surface area contributed by atoms with Crippen molar-refractivity contribution >= 4 is 5.91 Å². The maximum atomic E-state index is 12.8. The summed E-state index contributed by atoms with van der Waals surface area (Å²) in [4.78, 5) is 15.9. The van der Waals surface area contributed by atoms with Crippen LogP contribution in [0.4, 0.5) is 0 Å². The van der Waals surface area contributed by atoms with Gasteiger partial charge in [-0.2, -0.15) is 0 Å². The van der Waals surface area contributed by atoms with Gasteiger partial charge in [-0.05, 0) is 67.4 Å². The minimum Gasteiger partial charge on any atom is -0.367 e. The van der Waals surface area contributed by atoms with Gasteiger partial charge < -0.3 is 10.3 Å². The van der Waals surface area contributed by atoms with Crippen LogP contribution in [0.5, 0.6) is 0 Å². The molecule has 1 heterocycles. The van der Waals surface area contributed by atoms with Crippen molar-refractivity contribution in [1.29, 1.82) is 0 Å². The van der Waals surface area contributed by atoms with E-state index in [1.165, 1.54) is 19.3 Å². The predicted octanol–water partition coefficient (Wildman–Crippen LogP) is 3.24. The van der Waals surface area contributed by atoms with Gasteiger partial charge in [-0.3, -0.25) is 4.79 Å². The zero-order chi connectivity index (χ0) is 13.8. The molecule has 3 heteroatoms. The second kappa shape index (κ2) is 4.12. The van der Waals surface area contributed by atoms with E-state index in [1.54, 1.807) is 0 Å². The van der Waals surface area contributed by atoms with Crippen molar-refractivity contribution in [2.75, 3.05) is 0 Å². The Morgan fingerprint density at radius 3 is 2.70 bits per heavy atom. The molecule has 1 aromatic heterocycles. The van der Waals surface area contributed by atoms with Crippen LogP contribution >= 0.6 is 0 Å². The molecule has 0 aromatic carbocycles. The molecular formula is C17H24N2O. The summed E-state index contributed by atoms with van der Waals surface area (Å²) in [6, 6.07) is 2.03. The summed E-state index contributed by atoms with van der Waals surface area (Å²) in [5.74, 6) is 1.93. The Kier molecular flexibility index (Phi) is 2.57. The van der Waals surface area contributed by atoms with Crippen LogP contribution in [-0.2, 0) is 11.3 Å². The Balaban J connectivity index is 1.51. The number of rotatable bonds is 3. The van der Waals surface area contributed by atoms with E-state index in [0.717, 1.165) is 36.7 Å². The highest BCUT2D eigenvalue weighted by Gasteiger charge is 2.58. The molecule has 2 N–H and O–H groups in total. The topological polar surface area (TPSA) is 44.9 Å². The molecule has 1 aromatic rings. The molecule has 5 rings (SSSR count). The van der Waals surface area contributed by atoms with Crippen molar-refractivity contribution in [3.05, 3.63) is 24.0 Å². The largest absolute Gasteiger partial charge is 0.367 e. The average Bonchev–Trinajstić information content (AvgIpc) is 2.85. The fourth-order valence-electron chi connectivity index (χ4n) is 5.82. The summed E-state index contributed by atoms with van der Waals surface area (Å²) in [7, 11) is 0. The first-order valence-corrected chi connectivity index (χ1v) is 7.97. The molecule has 4 bridgehead atoms. The molecule has 4 saturated carbocycles. The Bertz CT molecular complexity index is 505. The highest BCUT2D eigenvalue weighted by atomic mass is 16.2. The molecule has 20 heavy (non-hydrogen) atoms. The molecular weight excluding hydrogens is 248 g/mol. The molecule has 0 saturated heterocycles. The number of nitrogens with one attached hydrogen (secondary N) is 2. The lowest BCUT2D eigenvalue weighted by atomic mass is 9.44. The van der Waals surface area contributed by atoms with Gasteiger partial charge in [0, 0.05) is 18.9 Å². The first-order chi connectivity index (χ1) is 9.57. The maximum absolute atomic E-state index is 12.8. The highest BCUT2D eigenvalue weighted by Crippen LogP contribution is 2.65. The van der Waals surface area contributed by atoms with E-state index in [-0.39, 0.29) is 5.41 Å². The first kappa shape index (κ1) is 12.5. The summed E-state index contributed by atoms with van der Waals surface area (Å²) in [6.07, 6.45) is 11.4. The van der Waals surface area contributed by atoms with Gasteiger partial charge in [0.2, 0.25) is 5.91 Å². The zero-order valence-corrected chi connectivity index (χ0v) is 12.2. The van der Waals surface area contributed by atoms with Crippen molar-refractivity contribution in [3.8, 4) is 0 Å². The maximum Gasteiger partial charge on any atom is 0.226 e. The third-order valence-electron chi connectivity index (χ3n) is 5.95. The molecule has 3 nitrogen and oxygen atoms in total. The zero-order valence-electron chi connectivity index (χ0n) is 12.2. The van der Waals surface area contributed by atoms with Crippen LogP contribution in [0.3, 0.4) is 0 Å². The number of H-pyrrole nitrogens is 1. The Hall–Kier alpha value is -1.25. The summed E-state index contributed by atoms with van der Waals surface area (Å²) >= 11 is 0. The molecule has 1 amide bonds. The normalized spacial score (nSPS) is 41.9. The van der Waals surface area contributed by atoms with Crippen LogP contribution in [0.25, 0.3) is 0 Å². The highest BCUT2D eigenvalue weighted by molar-refractivity contribution is 5.83. The fraction of sp³-hybridized carbons (Fsp3) is 0.706. The second-order valence-electron chi connectivity index (χ2n) is 7.95. The van der Waals surface area contributed by atoms with Gasteiger partial charge in [-0.15, -0.1) is 0 Å². The molecule has 4 aliphatic carbocycles. The number of aromatic nitrogens is 1. The third kappa shape index (κ3) is 1.90. The standard InChI is InChI=1S/C17H24N2O/c1-16-5-13-4-14(6-16)8-17(7-13,11-16)15(20)19-10-12-2-3-18-9-12/h2-3,9,13-14,18H,4-8,10-11H2,1H3,(H,19,20). The van der Waals surface area contributed by atoms with Crippen LogP contribution in [0.2, 0.25) is 0 Å². The number of hydrogen-bond acceptors (Lipinski definition) is 1. The van der Waals surface area contributed by atoms with Crippen molar-refractivity contribution < 1.29 is 4.79 Å². The third-order valence-corrected chi connectivity index (χ3v) is 5.95. The van der Waals surface area contributed by atoms with E-state index < -0.39 is 0 Å². The number of amides is 1. The quantitative estimate of drug-likeness (QED) is 0.871. The summed E-state index contributed by atoms with van der Waals surface area (Å²) in [5.41, 5.74) is 1.55. The van der Waals surface area contributed by atoms with Crippen molar-refractivity contribution in [2.45, 2.75) is 52.0 Å². The smallest absolute Gasteiger partial charge is 0.226 e. The Morgan fingerprint density at radius 1 is 1.35 bits per heavy atom. The van der Waals surface area contributed by atoms with Gasteiger partial charge in [-0.25, -0.2) is 0 Å². The minimum atomic E-state index is -0.0465. The molecule has 0 radical (unpaired) electrons. The molecule has 108 valence electrons. The summed E-state index contributed by atoms with van der Waals surface area (Å²) < 4.78 is 0. The lowest BCUT2D eigenvalue weighted by Crippen LogP contribution is -2.56. The molecule has 2 atom stereocenters. The van der Waals surface area contributed by atoms with E-state index in [0.29, 0.717) is 17.9 Å². The lowest BCUT2D eigenvalue weighted by Gasteiger charge is -2.60. The van der Waals surface area contributed by atoms with Gasteiger partial charge >= 0.3 is 0 Å². The molecule has 0 aliphatic heterocycles. The predicted molar refractivity (Wildman–Crippen MR) is 77.9 cm³/mol. The van der Waals surface area contributed by atoms with E-state index in [1.807, 2.05) is 18.5 Å². The van der Waals surface area contributed by atoms with Crippen LogP contribution in [0, 0.1) is 22.7 Å². The first-order valence-electron chi connectivity index (χ1n) is 7.97. The van der Waals surface area contributed by atoms with Crippen LogP contribution in [0.1, 0.15) is 51.0 Å². The van der Waals surface area contributed by atoms with E-state index in [9.17, 15) is 4.79 Å². The molecule has 4 fully saturated rings. The van der Waals surface area contributed by atoms with Gasteiger partial charge in [0.15, 0.2) is 0 Å². The van der Waals surface area contributed by atoms with Gasteiger partial charge in [0.1, 0.15) is 0 Å². The van der Waals surface area contributed by atoms with Crippen LogP contribution in [0.15, 0.2) is 18.5 Å². The SMILES string of the molecule is CC12CC3CC(C1)CC(C(=O)NCc1cc[nH]c1)(C3)C2. The van der Waals surface area contributed by atoms with Gasteiger partial charge in [0.25, 0.3) is 0 Å². The van der Waals surface area contributed by atoms with Gasteiger partial charge in [-0.1, -0.05) is 6.92 Å².